The molecule has 0 unspecified atom stereocenters. The van der Waals surface area contributed by atoms with E-state index >= 15 is 0 Å². The van der Waals surface area contributed by atoms with Gasteiger partial charge in [0.05, 0.1) is 22.8 Å². The number of hydrogen-bond acceptors (Lipinski definition) is 2. The average molecular weight is 311 g/mol. The van der Waals surface area contributed by atoms with Crippen LogP contribution >= 0.6 is 23.2 Å². The van der Waals surface area contributed by atoms with E-state index in [0.717, 1.165) is 17.0 Å². The maximum absolute atomic E-state index is 12.2. The first-order chi connectivity index (χ1) is 9.52. The van der Waals surface area contributed by atoms with E-state index in [9.17, 15) is 4.79 Å². The minimum absolute atomic E-state index is 0.0783. The fourth-order valence-corrected chi connectivity index (χ4v) is 2.55. The lowest BCUT2D eigenvalue weighted by atomic mass is 10.1. The van der Waals surface area contributed by atoms with E-state index in [1.807, 2.05) is 32.0 Å². The third kappa shape index (κ3) is 3.22. The third-order valence-electron chi connectivity index (χ3n) is 3.16. The van der Waals surface area contributed by atoms with Crippen molar-refractivity contribution in [2.75, 3.05) is 0 Å². The lowest BCUT2D eigenvalue weighted by molar-refractivity contribution is -0.117. The van der Waals surface area contributed by atoms with Crippen LogP contribution in [0.5, 0.6) is 0 Å². The summed E-state index contributed by atoms with van der Waals surface area (Å²) in [5, 5.41) is 5.51. The molecule has 0 atom stereocenters. The van der Waals surface area contributed by atoms with Gasteiger partial charge in [0.15, 0.2) is 0 Å². The zero-order valence-corrected chi connectivity index (χ0v) is 13.0. The summed E-state index contributed by atoms with van der Waals surface area (Å²) in [7, 11) is 0. The molecular formula is C15H16Cl2N2O. The summed E-state index contributed by atoms with van der Waals surface area (Å²) in [6.45, 7) is 4.52. The van der Waals surface area contributed by atoms with Gasteiger partial charge in [-0.25, -0.2) is 0 Å². The molecule has 0 radical (unpaired) electrons. The standard InChI is InChI=1S/C15H16Cl2N2O/c1-3-19-14(15(17)10(2)18-19)9-12(20)8-11-6-4-5-7-13(11)16/h4-7H,3,8-9H2,1-2H3. The predicted octanol–water partition coefficient (Wildman–Crippen LogP) is 3.87. The number of halogens is 2. The van der Waals surface area contributed by atoms with Crippen molar-refractivity contribution in [3.05, 3.63) is 51.3 Å². The van der Waals surface area contributed by atoms with Gasteiger partial charge in [-0.1, -0.05) is 41.4 Å². The van der Waals surface area contributed by atoms with E-state index in [2.05, 4.69) is 5.10 Å². The summed E-state index contributed by atoms with van der Waals surface area (Å²) in [5.74, 6) is 0.0783. The zero-order valence-electron chi connectivity index (χ0n) is 11.5. The highest BCUT2D eigenvalue weighted by Gasteiger charge is 2.16. The van der Waals surface area contributed by atoms with Gasteiger partial charge < -0.3 is 0 Å². The number of carbonyl (C=O) groups is 1. The largest absolute Gasteiger partial charge is 0.299 e. The lowest BCUT2D eigenvalue weighted by Crippen LogP contribution is -2.12. The van der Waals surface area contributed by atoms with Gasteiger partial charge in [-0.15, -0.1) is 0 Å². The Morgan fingerprint density at radius 2 is 1.95 bits per heavy atom. The Kier molecular flexibility index (Phi) is 4.84. The minimum atomic E-state index is 0.0783. The first-order valence-corrected chi connectivity index (χ1v) is 7.25. The van der Waals surface area contributed by atoms with Crippen molar-refractivity contribution in [2.24, 2.45) is 0 Å². The number of hydrogen-bond donors (Lipinski definition) is 0. The van der Waals surface area contributed by atoms with Gasteiger partial charge in [0.1, 0.15) is 5.78 Å². The average Bonchev–Trinajstić information content (AvgIpc) is 2.69. The molecule has 0 aliphatic rings. The fraction of sp³-hybridized carbons (Fsp3) is 0.333. The Labute approximate surface area is 128 Å². The predicted molar refractivity (Wildman–Crippen MR) is 81.5 cm³/mol. The van der Waals surface area contributed by atoms with Crippen molar-refractivity contribution in [3.63, 3.8) is 0 Å². The second-order valence-electron chi connectivity index (χ2n) is 4.65. The van der Waals surface area contributed by atoms with E-state index in [4.69, 9.17) is 23.2 Å². The minimum Gasteiger partial charge on any atom is -0.299 e. The normalized spacial score (nSPS) is 10.8. The molecule has 0 aliphatic heterocycles. The molecule has 0 N–H and O–H groups in total. The van der Waals surface area contributed by atoms with Crippen LogP contribution in [-0.4, -0.2) is 15.6 Å². The summed E-state index contributed by atoms with van der Waals surface area (Å²) < 4.78 is 1.78. The molecule has 3 nitrogen and oxygen atoms in total. The summed E-state index contributed by atoms with van der Waals surface area (Å²) >= 11 is 12.3. The first kappa shape index (κ1) is 15.1. The number of nitrogens with zero attached hydrogens (tertiary/aromatic N) is 2. The number of benzene rings is 1. The molecule has 0 bridgehead atoms. The van der Waals surface area contributed by atoms with Crippen molar-refractivity contribution in [2.45, 2.75) is 33.2 Å². The van der Waals surface area contributed by atoms with Crippen LogP contribution in [0.25, 0.3) is 0 Å². The second-order valence-corrected chi connectivity index (χ2v) is 5.43. The van der Waals surface area contributed by atoms with Crippen LogP contribution in [-0.2, 0) is 24.2 Å². The monoisotopic (exact) mass is 310 g/mol. The Bertz CT molecular complexity index is 635. The number of aromatic nitrogens is 2. The molecular weight excluding hydrogens is 295 g/mol. The Balaban J connectivity index is 2.15. The second kappa shape index (κ2) is 6.42. The number of carbonyl (C=O) groups excluding carboxylic acids is 1. The van der Waals surface area contributed by atoms with Crippen LogP contribution in [0.3, 0.4) is 0 Å². The molecule has 5 heteroatoms. The molecule has 20 heavy (non-hydrogen) atoms. The maximum Gasteiger partial charge on any atom is 0.143 e. The summed E-state index contributed by atoms with van der Waals surface area (Å²) in [6.07, 6.45) is 0.586. The third-order valence-corrected chi connectivity index (χ3v) is 4.02. The molecule has 1 aromatic heterocycles. The highest BCUT2D eigenvalue weighted by atomic mass is 35.5. The van der Waals surface area contributed by atoms with Gasteiger partial charge in [-0.2, -0.15) is 5.10 Å². The van der Waals surface area contributed by atoms with Gasteiger partial charge >= 0.3 is 0 Å². The molecule has 0 saturated heterocycles. The highest BCUT2D eigenvalue weighted by Crippen LogP contribution is 2.22. The van der Waals surface area contributed by atoms with E-state index in [-0.39, 0.29) is 12.2 Å². The van der Waals surface area contributed by atoms with Crippen LogP contribution in [0.2, 0.25) is 10.0 Å². The van der Waals surface area contributed by atoms with Gasteiger partial charge in [-0.3, -0.25) is 9.48 Å². The van der Waals surface area contributed by atoms with E-state index < -0.39 is 0 Å². The van der Waals surface area contributed by atoms with Crippen LogP contribution in [0.15, 0.2) is 24.3 Å². The number of ketones is 1. The molecule has 1 heterocycles. The molecule has 0 amide bonds. The molecule has 0 fully saturated rings. The first-order valence-electron chi connectivity index (χ1n) is 6.49. The highest BCUT2D eigenvalue weighted by molar-refractivity contribution is 6.32. The fourth-order valence-electron chi connectivity index (χ4n) is 2.14. The van der Waals surface area contributed by atoms with Crippen molar-refractivity contribution in [1.29, 1.82) is 0 Å². The van der Waals surface area contributed by atoms with Crippen molar-refractivity contribution >= 4 is 29.0 Å². The van der Waals surface area contributed by atoms with Gasteiger partial charge in [-0.05, 0) is 25.5 Å². The van der Waals surface area contributed by atoms with Crippen LogP contribution in [0.4, 0.5) is 0 Å². The Hall–Kier alpha value is -1.32. The van der Waals surface area contributed by atoms with Crippen molar-refractivity contribution in [1.82, 2.24) is 9.78 Å². The lowest BCUT2D eigenvalue weighted by Gasteiger charge is -2.06. The van der Waals surface area contributed by atoms with Crippen LogP contribution < -0.4 is 0 Å². The molecule has 1 aromatic carbocycles. The molecule has 0 aliphatic carbocycles. The molecule has 2 rings (SSSR count). The molecule has 0 saturated carbocycles. The summed E-state index contributed by atoms with van der Waals surface area (Å²) in [4.78, 5) is 12.2. The van der Waals surface area contributed by atoms with Crippen LogP contribution in [0, 0.1) is 6.92 Å². The van der Waals surface area contributed by atoms with Gasteiger partial charge in [0.2, 0.25) is 0 Å². The van der Waals surface area contributed by atoms with Crippen LogP contribution in [0.1, 0.15) is 23.9 Å². The Morgan fingerprint density at radius 3 is 2.60 bits per heavy atom. The summed E-state index contributed by atoms with van der Waals surface area (Å²) in [5.41, 5.74) is 2.38. The molecule has 0 spiro atoms. The SMILES string of the molecule is CCn1nc(C)c(Cl)c1CC(=O)Cc1ccccc1Cl. The molecule has 106 valence electrons. The van der Waals surface area contributed by atoms with Gasteiger partial charge in [0, 0.05) is 18.0 Å². The zero-order chi connectivity index (χ0) is 14.7. The van der Waals surface area contributed by atoms with E-state index in [0.29, 0.717) is 23.0 Å². The van der Waals surface area contributed by atoms with Crippen molar-refractivity contribution < 1.29 is 4.79 Å². The quantitative estimate of drug-likeness (QED) is 0.840. The Morgan fingerprint density at radius 1 is 1.25 bits per heavy atom. The topological polar surface area (TPSA) is 34.9 Å². The van der Waals surface area contributed by atoms with E-state index in [1.54, 1.807) is 10.7 Å². The van der Waals surface area contributed by atoms with Crippen molar-refractivity contribution in [3.8, 4) is 0 Å². The molecule has 2 aromatic rings. The smallest absolute Gasteiger partial charge is 0.143 e. The summed E-state index contributed by atoms with van der Waals surface area (Å²) in [6, 6.07) is 7.38. The number of Topliss-reactive ketones (excluding diaryl/α,β-unsaturated/α-hetero) is 1. The number of aryl methyl sites for hydroxylation is 2. The van der Waals surface area contributed by atoms with E-state index in [1.165, 1.54) is 0 Å². The van der Waals surface area contributed by atoms with Gasteiger partial charge in [0.25, 0.3) is 0 Å². The number of rotatable bonds is 5. The maximum atomic E-state index is 12.2.